The highest BCUT2D eigenvalue weighted by Gasteiger charge is 2.23. The van der Waals surface area contributed by atoms with E-state index < -0.39 is 0 Å². The van der Waals surface area contributed by atoms with Gasteiger partial charge in [0.2, 0.25) is 10.7 Å². The van der Waals surface area contributed by atoms with Crippen LogP contribution in [-0.4, -0.2) is 32.7 Å². The normalized spacial score (nSPS) is 22.7. The Labute approximate surface area is 72.9 Å². The van der Waals surface area contributed by atoms with Crippen molar-refractivity contribution in [1.29, 1.82) is 0 Å². The Morgan fingerprint density at radius 3 is 3.00 bits per heavy atom. The molecule has 1 aromatic heterocycles. The molecule has 0 aliphatic carbocycles. The maximum Gasteiger partial charge on any atom is 0.238 e. The van der Waals surface area contributed by atoms with Crippen molar-refractivity contribution in [2.75, 3.05) is 6.54 Å². The molecule has 12 heavy (non-hydrogen) atoms. The Kier molecular flexibility index (Phi) is 1.65. The minimum atomic E-state index is 0.0384. The second-order valence-electron chi connectivity index (χ2n) is 2.61. The largest absolute Gasteiger partial charge is 0.354 e. The second kappa shape index (κ2) is 2.67. The average Bonchev–Trinajstić information content (AvgIpc) is 2.58. The lowest BCUT2D eigenvalue weighted by Gasteiger charge is -2.05. The van der Waals surface area contributed by atoms with E-state index in [-0.39, 0.29) is 11.9 Å². The van der Waals surface area contributed by atoms with Crippen LogP contribution in [0, 0.1) is 4.77 Å². The third kappa shape index (κ3) is 1.11. The van der Waals surface area contributed by atoms with Gasteiger partial charge in [-0.15, -0.1) is 0 Å². The summed E-state index contributed by atoms with van der Waals surface area (Å²) in [5.41, 5.74) is 0. The summed E-state index contributed by atoms with van der Waals surface area (Å²) in [5, 5.41) is 12.5. The molecule has 1 atom stereocenters. The zero-order chi connectivity index (χ0) is 8.55. The van der Waals surface area contributed by atoms with E-state index >= 15 is 0 Å². The average molecular weight is 185 g/mol. The van der Waals surface area contributed by atoms with Crippen molar-refractivity contribution in [2.45, 2.75) is 12.5 Å². The van der Waals surface area contributed by atoms with Gasteiger partial charge in [0.25, 0.3) is 0 Å². The van der Waals surface area contributed by atoms with E-state index in [4.69, 9.17) is 12.2 Å². The lowest BCUT2D eigenvalue weighted by molar-refractivity contribution is -0.119. The lowest BCUT2D eigenvalue weighted by atomic mass is 10.3. The highest BCUT2D eigenvalue weighted by Crippen LogP contribution is 2.13. The van der Waals surface area contributed by atoms with E-state index in [0.29, 0.717) is 17.7 Å². The number of nitrogens with zero attached hydrogens (tertiary/aromatic N) is 3. The fourth-order valence-corrected chi connectivity index (χ4v) is 1.45. The van der Waals surface area contributed by atoms with Gasteiger partial charge in [0.15, 0.2) is 0 Å². The van der Waals surface area contributed by atoms with Crippen LogP contribution >= 0.6 is 12.2 Å². The summed E-state index contributed by atoms with van der Waals surface area (Å²) in [6, 6.07) is 0.0417. The third-order valence-electron chi connectivity index (χ3n) is 1.82. The molecule has 1 amide bonds. The highest BCUT2D eigenvalue weighted by molar-refractivity contribution is 7.71. The Morgan fingerprint density at radius 1 is 1.67 bits per heavy atom. The smallest absolute Gasteiger partial charge is 0.238 e. The molecule has 0 aromatic carbocycles. The molecule has 0 bridgehead atoms. The van der Waals surface area contributed by atoms with Gasteiger partial charge < -0.3 is 5.32 Å². The van der Waals surface area contributed by atoms with E-state index in [1.54, 1.807) is 4.68 Å². The second-order valence-corrected chi connectivity index (χ2v) is 2.98. The molecule has 0 saturated carbocycles. The van der Waals surface area contributed by atoms with E-state index in [1.807, 2.05) is 0 Å². The van der Waals surface area contributed by atoms with Crippen LogP contribution in [0.25, 0.3) is 0 Å². The van der Waals surface area contributed by atoms with Gasteiger partial charge in [0, 0.05) is 6.54 Å². The van der Waals surface area contributed by atoms with E-state index in [0.717, 1.165) is 0 Å². The van der Waals surface area contributed by atoms with Crippen molar-refractivity contribution in [3.05, 3.63) is 4.77 Å². The molecule has 6 nitrogen and oxygen atoms in total. The van der Waals surface area contributed by atoms with E-state index in [2.05, 4.69) is 20.8 Å². The van der Waals surface area contributed by atoms with Crippen LogP contribution in [0.5, 0.6) is 0 Å². The Bertz CT molecular complexity index is 355. The zero-order valence-corrected chi connectivity index (χ0v) is 6.97. The van der Waals surface area contributed by atoms with Gasteiger partial charge in [0.05, 0.1) is 12.5 Å². The summed E-state index contributed by atoms with van der Waals surface area (Å²) in [4.78, 5) is 10.8. The van der Waals surface area contributed by atoms with Crippen LogP contribution in [0.4, 0.5) is 0 Å². The topological polar surface area (TPSA) is 75.6 Å². The zero-order valence-electron chi connectivity index (χ0n) is 6.15. The van der Waals surface area contributed by atoms with E-state index in [9.17, 15) is 4.79 Å². The third-order valence-corrected chi connectivity index (χ3v) is 2.09. The van der Waals surface area contributed by atoms with Gasteiger partial charge >= 0.3 is 0 Å². The standard InChI is InChI=1S/C5H7N5OS/c11-4-1-3(2-6-4)10-5(12)7-8-9-10/h3H,1-2H2,(H,6,11)(H,7,9,12). The first-order valence-electron chi connectivity index (χ1n) is 3.53. The Hall–Kier alpha value is -1.24. The van der Waals surface area contributed by atoms with Crippen LogP contribution in [0.2, 0.25) is 0 Å². The summed E-state index contributed by atoms with van der Waals surface area (Å²) in [6.45, 7) is 0.594. The van der Waals surface area contributed by atoms with Crippen molar-refractivity contribution in [3.63, 3.8) is 0 Å². The van der Waals surface area contributed by atoms with Gasteiger partial charge in [-0.05, 0) is 12.2 Å². The van der Waals surface area contributed by atoms with Crippen LogP contribution < -0.4 is 5.32 Å². The first-order valence-corrected chi connectivity index (χ1v) is 3.94. The number of hydrogen-bond donors (Lipinski definition) is 2. The number of hydrogen-bond acceptors (Lipinski definition) is 4. The number of nitrogens with one attached hydrogen (secondary N) is 2. The van der Waals surface area contributed by atoms with Crippen LogP contribution in [0.3, 0.4) is 0 Å². The van der Waals surface area contributed by atoms with Crippen molar-refractivity contribution in [3.8, 4) is 0 Å². The number of aromatic nitrogens is 4. The number of carbonyl (C=O) groups excluding carboxylic acids is 1. The molecule has 0 radical (unpaired) electrons. The summed E-state index contributed by atoms with van der Waals surface area (Å²) < 4.78 is 2.00. The summed E-state index contributed by atoms with van der Waals surface area (Å²) in [5.74, 6) is 0.0384. The van der Waals surface area contributed by atoms with Crippen molar-refractivity contribution in [1.82, 2.24) is 25.5 Å². The number of H-pyrrole nitrogens is 1. The molecule has 1 unspecified atom stereocenters. The van der Waals surface area contributed by atoms with Crippen molar-refractivity contribution < 1.29 is 4.79 Å². The van der Waals surface area contributed by atoms with Crippen molar-refractivity contribution >= 4 is 18.1 Å². The molecule has 64 valence electrons. The summed E-state index contributed by atoms with van der Waals surface area (Å²) >= 11 is 4.88. The number of aromatic amines is 1. The van der Waals surface area contributed by atoms with E-state index in [1.165, 1.54) is 0 Å². The Morgan fingerprint density at radius 2 is 2.50 bits per heavy atom. The number of rotatable bonds is 1. The Balaban J connectivity index is 2.27. The minimum Gasteiger partial charge on any atom is -0.354 e. The van der Waals surface area contributed by atoms with Gasteiger partial charge in [0.1, 0.15) is 0 Å². The van der Waals surface area contributed by atoms with Crippen molar-refractivity contribution in [2.24, 2.45) is 0 Å². The van der Waals surface area contributed by atoms with Gasteiger partial charge in [-0.25, -0.2) is 4.68 Å². The first kappa shape index (κ1) is 7.41. The predicted octanol–water partition coefficient (Wildman–Crippen LogP) is -0.603. The van der Waals surface area contributed by atoms with Gasteiger partial charge in [-0.3, -0.25) is 4.79 Å². The first-order chi connectivity index (χ1) is 5.77. The molecule has 1 saturated heterocycles. The van der Waals surface area contributed by atoms with Gasteiger partial charge in [-0.2, -0.15) is 5.21 Å². The lowest BCUT2D eigenvalue weighted by Crippen LogP contribution is -2.16. The quantitative estimate of drug-likeness (QED) is 0.573. The molecule has 2 heterocycles. The molecule has 1 aromatic rings. The fraction of sp³-hybridized carbons (Fsp3) is 0.600. The molecular formula is C5H7N5OS. The molecular weight excluding hydrogens is 178 g/mol. The molecule has 2 rings (SSSR count). The predicted molar refractivity (Wildman–Crippen MR) is 41.9 cm³/mol. The monoisotopic (exact) mass is 185 g/mol. The van der Waals surface area contributed by atoms with Crippen LogP contribution in [0.1, 0.15) is 12.5 Å². The number of tetrazole rings is 1. The van der Waals surface area contributed by atoms with Crippen LogP contribution in [-0.2, 0) is 4.79 Å². The maximum absolute atomic E-state index is 10.8. The molecule has 0 spiro atoms. The molecule has 1 aliphatic heterocycles. The SMILES string of the molecule is O=C1CC(n2[nH]nnc2=S)CN1. The molecule has 1 aliphatic rings. The summed E-state index contributed by atoms with van der Waals surface area (Å²) in [6.07, 6.45) is 0.443. The summed E-state index contributed by atoms with van der Waals surface area (Å²) in [7, 11) is 0. The fourth-order valence-electron chi connectivity index (χ4n) is 1.21. The van der Waals surface area contributed by atoms with Crippen LogP contribution in [0.15, 0.2) is 0 Å². The van der Waals surface area contributed by atoms with Gasteiger partial charge in [-0.1, -0.05) is 10.3 Å². The maximum atomic E-state index is 10.8. The number of carbonyl (C=O) groups is 1. The molecule has 2 N–H and O–H groups in total. The number of amides is 1. The highest BCUT2D eigenvalue weighted by atomic mass is 32.1. The minimum absolute atomic E-state index is 0.0384. The molecule has 1 fully saturated rings. The molecule has 7 heteroatoms.